The fourth-order valence-electron chi connectivity index (χ4n) is 3.02. The van der Waals surface area contributed by atoms with Crippen LogP contribution in [-0.2, 0) is 4.79 Å². The third-order valence-electron chi connectivity index (χ3n) is 4.24. The Hall–Kier alpha value is -2.62. The first-order valence-corrected chi connectivity index (χ1v) is 8.50. The van der Waals surface area contributed by atoms with Crippen LogP contribution < -0.4 is 4.74 Å². The average molecular weight is 345 g/mol. The molecule has 1 atom stereocenters. The van der Waals surface area contributed by atoms with Crippen LogP contribution >= 0.6 is 0 Å². The van der Waals surface area contributed by atoms with Gasteiger partial charge in [0.15, 0.2) is 5.56 Å². The molecule has 1 aromatic rings. The minimum absolute atomic E-state index is 0.0592. The Morgan fingerprint density at radius 1 is 1.52 bits per heavy atom. The van der Waals surface area contributed by atoms with Gasteiger partial charge in [-0.15, -0.1) is 0 Å². The maximum absolute atomic E-state index is 12.2. The minimum atomic E-state index is -0.585. The normalized spacial score (nSPS) is 17.2. The molecule has 0 aromatic heterocycles. The number of piperidine rings is 1. The van der Waals surface area contributed by atoms with Crippen LogP contribution in [-0.4, -0.2) is 35.4 Å². The van der Waals surface area contributed by atoms with E-state index >= 15 is 0 Å². The Morgan fingerprint density at radius 3 is 2.92 bits per heavy atom. The van der Waals surface area contributed by atoms with Crippen LogP contribution in [0.5, 0.6) is 5.75 Å². The quantitative estimate of drug-likeness (QED) is 0.583. The van der Waals surface area contributed by atoms with Gasteiger partial charge in [0, 0.05) is 31.5 Å². The second-order valence-electron chi connectivity index (χ2n) is 6.78. The monoisotopic (exact) mass is 345 g/mol. The van der Waals surface area contributed by atoms with E-state index in [4.69, 9.17) is 4.74 Å². The number of nitro groups is 1. The molecule has 0 aliphatic carbocycles. The van der Waals surface area contributed by atoms with Gasteiger partial charge < -0.3 is 9.64 Å². The van der Waals surface area contributed by atoms with Gasteiger partial charge in [-0.3, -0.25) is 14.9 Å². The molecule has 1 aromatic carbocycles. The third-order valence-corrected chi connectivity index (χ3v) is 4.24. The van der Waals surface area contributed by atoms with E-state index in [0.29, 0.717) is 25.5 Å². The van der Waals surface area contributed by atoms with Crippen LogP contribution in [0.4, 0.5) is 5.69 Å². The summed E-state index contributed by atoms with van der Waals surface area (Å²) in [5.74, 6) is 0.873. The fraction of sp³-hybridized carbons (Fsp3) is 0.556. The summed E-state index contributed by atoms with van der Waals surface area (Å²) in [5.41, 5.74) is -0.312. The van der Waals surface area contributed by atoms with Crippen molar-refractivity contribution in [1.29, 1.82) is 5.26 Å². The second-order valence-corrected chi connectivity index (χ2v) is 6.78. The molecule has 1 saturated heterocycles. The first-order valence-electron chi connectivity index (χ1n) is 8.50. The van der Waals surface area contributed by atoms with Gasteiger partial charge in [-0.05, 0) is 24.8 Å². The predicted molar refractivity (Wildman–Crippen MR) is 92.1 cm³/mol. The smallest absolute Gasteiger partial charge is 0.290 e. The van der Waals surface area contributed by atoms with E-state index in [1.807, 2.05) is 24.8 Å². The van der Waals surface area contributed by atoms with Crippen molar-refractivity contribution in [2.45, 2.75) is 33.1 Å². The van der Waals surface area contributed by atoms with Gasteiger partial charge >= 0.3 is 0 Å². The summed E-state index contributed by atoms with van der Waals surface area (Å²) in [6.45, 7) is 5.77. The molecule has 0 N–H and O–H groups in total. The standard InChI is InChI=1S/C18H23N3O4/c1-13(2)9-18(22)20-8-4-5-14(11-20)12-25-17-7-3-6-16(21(23)24)15(17)10-19/h3,6-7,13-14H,4-5,8-9,11-12H2,1-2H3. The summed E-state index contributed by atoms with van der Waals surface area (Å²) >= 11 is 0. The molecule has 1 amide bonds. The molecule has 1 fully saturated rings. The van der Waals surface area contributed by atoms with Gasteiger partial charge in [-0.25, -0.2) is 0 Å². The Morgan fingerprint density at radius 2 is 2.28 bits per heavy atom. The molecular formula is C18H23N3O4. The van der Waals surface area contributed by atoms with Gasteiger partial charge in [-0.1, -0.05) is 19.9 Å². The number of ether oxygens (including phenoxy) is 1. The summed E-state index contributed by atoms with van der Waals surface area (Å²) in [5, 5.41) is 20.2. The van der Waals surface area contributed by atoms with Crippen molar-refractivity contribution in [3.05, 3.63) is 33.9 Å². The highest BCUT2D eigenvalue weighted by Crippen LogP contribution is 2.28. The number of carbonyl (C=O) groups excluding carboxylic acids is 1. The molecule has 2 rings (SSSR count). The number of rotatable bonds is 6. The van der Waals surface area contributed by atoms with E-state index in [1.54, 1.807) is 6.07 Å². The fourth-order valence-corrected chi connectivity index (χ4v) is 3.02. The third kappa shape index (κ3) is 4.92. The van der Waals surface area contributed by atoms with Crippen LogP contribution in [0.1, 0.15) is 38.7 Å². The molecule has 1 aliphatic heterocycles. The Bertz CT molecular complexity index is 681. The zero-order chi connectivity index (χ0) is 18.4. The number of benzene rings is 1. The van der Waals surface area contributed by atoms with Crippen molar-refractivity contribution in [2.24, 2.45) is 11.8 Å². The largest absolute Gasteiger partial charge is 0.492 e. The van der Waals surface area contributed by atoms with E-state index in [0.717, 1.165) is 19.4 Å². The molecule has 0 saturated carbocycles. The molecule has 0 bridgehead atoms. The van der Waals surface area contributed by atoms with Crippen molar-refractivity contribution in [2.75, 3.05) is 19.7 Å². The maximum Gasteiger partial charge on any atom is 0.290 e. The number of carbonyl (C=O) groups is 1. The van der Waals surface area contributed by atoms with Gasteiger partial charge in [0.05, 0.1) is 11.5 Å². The highest BCUT2D eigenvalue weighted by Gasteiger charge is 2.25. The van der Waals surface area contributed by atoms with Gasteiger partial charge in [-0.2, -0.15) is 5.26 Å². The lowest BCUT2D eigenvalue weighted by Gasteiger charge is -2.33. The SMILES string of the molecule is CC(C)CC(=O)N1CCCC(COc2cccc([N+](=O)[O-])c2C#N)C1. The van der Waals surface area contributed by atoms with Crippen molar-refractivity contribution < 1.29 is 14.5 Å². The molecule has 0 spiro atoms. The van der Waals surface area contributed by atoms with E-state index < -0.39 is 4.92 Å². The molecule has 0 radical (unpaired) electrons. The summed E-state index contributed by atoms with van der Waals surface area (Å²) in [7, 11) is 0. The van der Waals surface area contributed by atoms with Gasteiger partial charge in [0.1, 0.15) is 11.8 Å². The number of nitro benzene ring substituents is 1. The summed E-state index contributed by atoms with van der Waals surface area (Å²) in [6, 6.07) is 6.21. The predicted octanol–water partition coefficient (Wildman–Crippen LogP) is 3.13. The van der Waals surface area contributed by atoms with Crippen LogP contribution in [0.2, 0.25) is 0 Å². The zero-order valence-electron chi connectivity index (χ0n) is 14.6. The molecule has 1 unspecified atom stereocenters. The average Bonchev–Trinajstić information content (AvgIpc) is 2.59. The minimum Gasteiger partial charge on any atom is -0.492 e. The summed E-state index contributed by atoms with van der Waals surface area (Å²) < 4.78 is 5.70. The van der Waals surface area contributed by atoms with Gasteiger partial charge in [0.2, 0.25) is 5.91 Å². The Balaban J connectivity index is 2.00. The number of hydrogen-bond donors (Lipinski definition) is 0. The van der Waals surface area contributed by atoms with Gasteiger partial charge in [0.25, 0.3) is 5.69 Å². The van der Waals surface area contributed by atoms with E-state index in [1.165, 1.54) is 12.1 Å². The molecule has 1 aliphatic rings. The zero-order valence-corrected chi connectivity index (χ0v) is 14.6. The summed E-state index contributed by atoms with van der Waals surface area (Å²) in [6.07, 6.45) is 2.39. The lowest BCUT2D eigenvalue weighted by Crippen LogP contribution is -2.42. The topological polar surface area (TPSA) is 96.5 Å². The number of amides is 1. The first kappa shape index (κ1) is 18.7. The molecule has 7 nitrogen and oxygen atoms in total. The molecule has 1 heterocycles. The molecular weight excluding hydrogens is 322 g/mol. The Labute approximate surface area is 147 Å². The second kappa shape index (κ2) is 8.47. The van der Waals surface area contributed by atoms with Crippen molar-refractivity contribution >= 4 is 11.6 Å². The highest BCUT2D eigenvalue weighted by atomic mass is 16.6. The van der Waals surface area contributed by atoms with E-state index in [9.17, 15) is 20.2 Å². The first-order chi connectivity index (χ1) is 11.9. The molecule has 134 valence electrons. The van der Waals surface area contributed by atoms with E-state index in [-0.39, 0.29) is 28.8 Å². The van der Waals surface area contributed by atoms with E-state index in [2.05, 4.69) is 0 Å². The van der Waals surface area contributed by atoms with Crippen LogP contribution in [0.3, 0.4) is 0 Å². The number of likely N-dealkylation sites (tertiary alicyclic amines) is 1. The Kier molecular flexibility index (Phi) is 6.34. The number of hydrogen-bond acceptors (Lipinski definition) is 5. The molecule has 25 heavy (non-hydrogen) atoms. The summed E-state index contributed by atoms with van der Waals surface area (Å²) in [4.78, 5) is 24.5. The van der Waals surface area contributed by atoms with Crippen molar-refractivity contribution in [3.63, 3.8) is 0 Å². The lowest BCUT2D eigenvalue weighted by molar-refractivity contribution is -0.385. The molecule has 7 heteroatoms. The van der Waals surface area contributed by atoms with Crippen LogP contribution in [0, 0.1) is 33.3 Å². The van der Waals surface area contributed by atoms with Crippen molar-refractivity contribution in [3.8, 4) is 11.8 Å². The number of nitriles is 1. The van der Waals surface area contributed by atoms with Crippen LogP contribution in [0.25, 0.3) is 0 Å². The van der Waals surface area contributed by atoms with Crippen molar-refractivity contribution in [1.82, 2.24) is 4.90 Å². The number of nitrogens with zero attached hydrogens (tertiary/aromatic N) is 3. The van der Waals surface area contributed by atoms with Crippen LogP contribution in [0.15, 0.2) is 18.2 Å². The lowest BCUT2D eigenvalue weighted by atomic mass is 9.98. The highest BCUT2D eigenvalue weighted by molar-refractivity contribution is 5.76. The maximum atomic E-state index is 12.2.